The summed E-state index contributed by atoms with van der Waals surface area (Å²) in [4.78, 5) is 37.6. The molecule has 0 atom stereocenters. The Morgan fingerprint density at radius 2 is 2.04 bits per heavy atom. The molecule has 124 valence electrons. The third kappa shape index (κ3) is 3.49. The molecule has 1 amide bonds. The van der Waals surface area contributed by atoms with Gasteiger partial charge in [-0.1, -0.05) is 24.3 Å². The highest BCUT2D eigenvalue weighted by molar-refractivity contribution is 6.02. The molecule has 0 bridgehead atoms. The van der Waals surface area contributed by atoms with Crippen molar-refractivity contribution < 1.29 is 9.90 Å². The lowest BCUT2D eigenvalue weighted by Gasteiger charge is -2.09. The van der Waals surface area contributed by atoms with E-state index in [2.05, 4.69) is 22.1 Å². The number of hydrazone groups is 1. The first-order chi connectivity index (χ1) is 11.5. The Hall–Kier alpha value is -3.42. The van der Waals surface area contributed by atoms with Crippen molar-refractivity contribution in [3.05, 3.63) is 75.0 Å². The van der Waals surface area contributed by atoms with Crippen LogP contribution in [-0.4, -0.2) is 26.3 Å². The van der Waals surface area contributed by atoms with Crippen LogP contribution in [0.25, 0.3) is 0 Å². The zero-order valence-corrected chi connectivity index (χ0v) is 12.9. The number of H-pyrrole nitrogens is 1. The highest BCUT2D eigenvalue weighted by Crippen LogP contribution is 2.11. The monoisotopic (exact) mass is 328 g/mol. The molecule has 8 nitrogen and oxygen atoms in total. The number of rotatable bonds is 5. The summed E-state index contributed by atoms with van der Waals surface area (Å²) in [5.41, 5.74) is 0.976. The molecule has 0 radical (unpaired) electrons. The molecular weight excluding hydrogens is 312 g/mol. The third-order valence-corrected chi connectivity index (χ3v) is 3.21. The SMILES string of the molecule is C=CCn1c(O)c(/C(C)=N\NC(=O)c2ccccc2)c(=O)[nH]c1=O. The molecule has 0 saturated heterocycles. The van der Waals surface area contributed by atoms with E-state index in [4.69, 9.17) is 0 Å². The molecule has 0 unspecified atom stereocenters. The summed E-state index contributed by atoms with van der Waals surface area (Å²) in [6, 6.07) is 8.38. The fourth-order valence-electron chi connectivity index (χ4n) is 2.03. The van der Waals surface area contributed by atoms with Gasteiger partial charge in [-0.05, 0) is 19.1 Å². The topological polar surface area (TPSA) is 117 Å². The molecule has 3 N–H and O–H groups in total. The van der Waals surface area contributed by atoms with E-state index in [0.717, 1.165) is 4.57 Å². The second-order valence-electron chi connectivity index (χ2n) is 4.86. The van der Waals surface area contributed by atoms with Crippen LogP contribution >= 0.6 is 0 Å². The van der Waals surface area contributed by atoms with Gasteiger partial charge in [-0.2, -0.15) is 5.10 Å². The molecule has 0 fully saturated rings. The average molecular weight is 328 g/mol. The Labute approximate surface area is 136 Å². The number of aromatic hydroxyl groups is 1. The van der Waals surface area contributed by atoms with E-state index in [1.807, 2.05) is 0 Å². The van der Waals surface area contributed by atoms with Crippen molar-refractivity contribution in [3.8, 4) is 5.88 Å². The highest BCUT2D eigenvalue weighted by Gasteiger charge is 2.16. The molecular formula is C16H16N4O4. The molecule has 0 saturated carbocycles. The van der Waals surface area contributed by atoms with Gasteiger partial charge in [-0.25, -0.2) is 10.2 Å². The number of hydrogen-bond acceptors (Lipinski definition) is 5. The average Bonchev–Trinajstić information content (AvgIpc) is 2.57. The molecule has 24 heavy (non-hydrogen) atoms. The number of nitrogens with zero attached hydrogens (tertiary/aromatic N) is 2. The number of benzene rings is 1. The van der Waals surface area contributed by atoms with Crippen molar-refractivity contribution in [2.45, 2.75) is 13.5 Å². The minimum Gasteiger partial charge on any atom is -0.494 e. The summed E-state index contributed by atoms with van der Waals surface area (Å²) in [5.74, 6) is -1.01. The summed E-state index contributed by atoms with van der Waals surface area (Å²) < 4.78 is 0.932. The molecule has 0 spiro atoms. The number of nitrogens with one attached hydrogen (secondary N) is 2. The summed E-state index contributed by atoms with van der Waals surface area (Å²) in [5, 5.41) is 14.0. The second-order valence-corrected chi connectivity index (χ2v) is 4.86. The maximum Gasteiger partial charge on any atom is 0.331 e. The standard InChI is InChI=1S/C16H16N4O4/c1-3-9-20-15(23)12(14(22)17-16(20)24)10(2)18-19-13(21)11-7-5-4-6-8-11/h3-8,23H,1,9H2,2H3,(H,19,21)(H,17,22,24)/b18-10-. The number of amides is 1. The quantitative estimate of drug-likeness (QED) is 0.423. The van der Waals surface area contributed by atoms with Crippen LogP contribution in [0.1, 0.15) is 22.8 Å². The molecule has 2 rings (SSSR count). The lowest BCUT2D eigenvalue weighted by atomic mass is 10.2. The van der Waals surface area contributed by atoms with Gasteiger partial charge in [0.2, 0.25) is 5.88 Å². The number of carbonyl (C=O) groups excluding carboxylic acids is 1. The van der Waals surface area contributed by atoms with Gasteiger partial charge in [0.25, 0.3) is 11.5 Å². The Bertz CT molecular complexity index is 910. The highest BCUT2D eigenvalue weighted by atomic mass is 16.3. The van der Waals surface area contributed by atoms with E-state index >= 15 is 0 Å². The van der Waals surface area contributed by atoms with Gasteiger partial charge in [-0.3, -0.25) is 19.1 Å². The van der Waals surface area contributed by atoms with E-state index in [1.54, 1.807) is 30.3 Å². The molecule has 2 aromatic rings. The first-order valence-electron chi connectivity index (χ1n) is 7.02. The predicted molar refractivity (Wildman–Crippen MR) is 89.3 cm³/mol. The normalized spacial score (nSPS) is 11.1. The van der Waals surface area contributed by atoms with Crippen molar-refractivity contribution in [3.63, 3.8) is 0 Å². The van der Waals surface area contributed by atoms with Gasteiger partial charge in [0.05, 0.1) is 5.71 Å². The van der Waals surface area contributed by atoms with Gasteiger partial charge in [0, 0.05) is 12.1 Å². The van der Waals surface area contributed by atoms with Gasteiger partial charge in [-0.15, -0.1) is 6.58 Å². The molecule has 1 heterocycles. The zero-order chi connectivity index (χ0) is 17.7. The largest absolute Gasteiger partial charge is 0.494 e. The summed E-state index contributed by atoms with van der Waals surface area (Å²) in [6.07, 6.45) is 1.40. The Morgan fingerprint density at radius 3 is 2.67 bits per heavy atom. The fraction of sp³-hybridized carbons (Fsp3) is 0.125. The van der Waals surface area contributed by atoms with E-state index in [0.29, 0.717) is 5.56 Å². The maximum absolute atomic E-state index is 11.9. The summed E-state index contributed by atoms with van der Waals surface area (Å²) in [7, 11) is 0. The fourth-order valence-corrected chi connectivity index (χ4v) is 2.03. The first kappa shape index (κ1) is 16.9. The Balaban J connectivity index is 2.36. The number of aromatic nitrogens is 2. The predicted octanol–water partition coefficient (Wildman–Crippen LogP) is 0.582. The summed E-state index contributed by atoms with van der Waals surface area (Å²) in [6.45, 7) is 4.92. The minimum atomic E-state index is -0.798. The summed E-state index contributed by atoms with van der Waals surface area (Å²) >= 11 is 0. The molecule has 0 aliphatic carbocycles. The van der Waals surface area contributed by atoms with Crippen LogP contribution in [0.3, 0.4) is 0 Å². The lowest BCUT2D eigenvalue weighted by molar-refractivity contribution is 0.0955. The molecule has 1 aromatic heterocycles. The maximum atomic E-state index is 11.9. The Morgan fingerprint density at radius 1 is 1.38 bits per heavy atom. The second kappa shape index (κ2) is 7.23. The smallest absolute Gasteiger partial charge is 0.331 e. The number of allylic oxidation sites excluding steroid dienone is 1. The van der Waals surface area contributed by atoms with Crippen LogP contribution in [0.5, 0.6) is 5.88 Å². The van der Waals surface area contributed by atoms with Gasteiger partial charge < -0.3 is 5.11 Å². The van der Waals surface area contributed by atoms with Gasteiger partial charge in [0.1, 0.15) is 5.56 Å². The molecule has 8 heteroatoms. The van der Waals surface area contributed by atoms with Crippen LogP contribution in [0.4, 0.5) is 0 Å². The van der Waals surface area contributed by atoms with Crippen molar-refractivity contribution in [1.82, 2.24) is 15.0 Å². The third-order valence-electron chi connectivity index (χ3n) is 3.21. The van der Waals surface area contributed by atoms with E-state index in [1.165, 1.54) is 13.0 Å². The van der Waals surface area contributed by atoms with Gasteiger partial charge >= 0.3 is 5.69 Å². The van der Waals surface area contributed by atoms with Crippen LogP contribution in [0.15, 0.2) is 57.7 Å². The minimum absolute atomic E-state index is 0.0120. The lowest BCUT2D eigenvalue weighted by Crippen LogP contribution is -2.34. The van der Waals surface area contributed by atoms with Crippen LogP contribution in [0.2, 0.25) is 0 Å². The first-order valence-corrected chi connectivity index (χ1v) is 7.02. The zero-order valence-electron chi connectivity index (χ0n) is 12.9. The Kier molecular flexibility index (Phi) is 5.10. The van der Waals surface area contributed by atoms with Crippen LogP contribution < -0.4 is 16.7 Å². The van der Waals surface area contributed by atoms with E-state index in [9.17, 15) is 19.5 Å². The molecule has 1 aromatic carbocycles. The number of aromatic amines is 1. The number of carbonyl (C=O) groups is 1. The van der Waals surface area contributed by atoms with Crippen molar-refractivity contribution in [1.29, 1.82) is 0 Å². The van der Waals surface area contributed by atoms with Gasteiger partial charge in [0.15, 0.2) is 0 Å². The van der Waals surface area contributed by atoms with E-state index < -0.39 is 23.0 Å². The molecule has 0 aliphatic heterocycles. The van der Waals surface area contributed by atoms with Crippen LogP contribution in [0, 0.1) is 0 Å². The molecule has 0 aliphatic rings. The van der Waals surface area contributed by atoms with Crippen molar-refractivity contribution >= 4 is 11.6 Å². The van der Waals surface area contributed by atoms with Crippen LogP contribution in [-0.2, 0) is 6.54 Å². The van der Waals surface area contributed by atoms with Crippen molar-refractivity contribution in [2.75, 3.05) is 0 Å². The number of hydrogen-bond donors (Lipinski definition) is 3. The van der Waals surface area contributed by atoms with Crippen molar-refractivity contribution in [2.24, 2.45) is 5.10 Å². The van der Waals surface area contributed by atoms with E-state index in [-0.39, 0.29) is 17.8 Å².